The molecule has 1 aliphatic rings. The van der Waals surface area contributed by atoms with Gasteiger partial charge in [0.05, 0.1) is 12.1 Å². The summed E-state index contributed by atoms with van der Waals surface area (Å²) in [5.41, 5.74) is 3.93. The number of para-hydroxylation sites is 1. The van der Waals surface area contributed by atoms with Crippen LogP contribution in [0.25, 0.3) is 10.9 Å². The fraction of sp³-hybridized carbons (Fsp3) is 0.125. The molecule has 0 saturated carbocycles. The molecule has 6 heteroatoms. The summed E-state index contributed by atoms with van der Waals surface area (Å²) in [4.78, 5) is 23.3. The molecular weight excluding hydrogens is 376 g/mol. The first-order chi connectivity index (χ1) is 14.8. The zero-order valence-corrected chi connectivity index (χ0v) is 16.3. The first kappa shape index (κ1) is 18.1. The van der Waals surface area contributed by atoms with E-state index in [1.807, 2.05) is 54.7 Å². The number of aromatic nitrogens is 2. The lowest BCUT2D eigenvalue weighted by molar-refractivity contribution is 0.249. The van der Waals surface area contributed by atoms with Crippen LogP contribution in [-0.2, 0) is 6.42 Å². The van der Waals surface area contributed by atoms with Gasteiger partial charge < -0.3 is 10.1 Å². The van der Waals surface area contributed by atoms with Gasteiger partial charge in [0.2, 0.25) is 0 Å². The van der Waals surface area contributed by atoms with Gasteiger partial charge >= 0.3 is 6.03 Å². The van der Waals surface area contributed by atoms with Crippen LogP contribution in [0.15, 0.2) is 79.1 Å². The number of urea groups is 1. The number of carbonyl (C=O) groups excluding carboxylic acids is 1. The predicted octanol–water partition coefficient (Wildman–Crippen LogP) is 4.65. The third-order valence-corrected chi connectivity index (χ3v) is 5.06. The average Bonchev–Trinajstić information content (AvgIpc) is 2.79. The highest BCUT2D eigenvalue weighted by Crippen LogP contribution is 2.31. The van der Waals surface area contributed by atoms with Gasteiger partial charge in [0.1, 0.15) is 6.61 Å². The Morgan fingerprint density at radius 3 is 2.80 bits per heavy atom. The molecule has 0 bridgehead atoms. The van der Waals surface area contributed by atoms with Gasteiger partial charge in [-0.05, 0) is 53.9 Å². The standard InChI is InChI=1S/C24H20N4O2/c29-24(27-20-6-2-1-3-7-20)28-11-12-30-22-15-18(16-26-23(22)28)13-17-8-9-21-19(14-17)5-4-10-25-21/h1-10,14-16H,11-13H2,(H,27,29). The average molecular weight is 396 g/mol. The van der Waals surface area contributed by atoms with Crippen molar-refractivity contribution in [2.75, 3.05) is 23.4 Å². The Hall–Kier alpha value is -3.93. The molecule has 5 rings (SSSR count). The minimum atomic E-state index is -0.215. The van der Waals surface area contributed by atoms with Gasteiger partial charge in [-0.2, -0.15) is 0 Å². The molecule has 0 spiro atoms. The van der Waals surface area contributed by atoms with Crippen LogP contribution < -0.4 is 15.0 Å². The number of nitrogens with one attached hydrogen (secondary N) is 1. The topological polar surface area (TPSA) is 67.4 Å². The SMILES string of the molecule is O=C(Nc1ccccc1)N1CCOc2cc(Cc3ccc4ncccc4c3)cnc21. The minimum Gasteiger partial charge on any atom is -0.488 e. The van der Waals surface area contributed by atoms with Gasteiger partial charge in [-0.1, -0.05) is 30.3 Å². The van der Waals surface area contributed by atoms with Crippen molar-refractivity contribution in [2.24, 2.45) is 0 Å². The number of amides is 2. The van der Waals surface area contributed by atoms with Crippen molar-refractivity contribution in [3.8, 4) is 5.75 Å². The summed E-state index contributed by atoms with van der Waals surface area (Å²) in [6.45, 7) is 0.887. The molecule has 2 aromatic carbocycles. The van der Waals surface area contributed by atoms with Gasteiger partial charge in [-0.3, -0.25) is 9.88 Å². The van der Waals surface area contributed by atoms with E-state index in [0.717, 1.165) is 28.6 Å². The van der Waals surface area contributed by atoms with Crippen LogP contribution in [0, 0.1) is 0 Å². The monoisotopic (exact) mass is 396 g/mol. The lowest BCUT2D eigenvalue weighted by Gasteiger charge is -2.28. The Labute approximate surface area is 174 Å². The number of benzene rings is 2. The highest BCUT2D eigenvalue weighted by Gasteiger charge is 2.25. The van der Waals surface area contributed by atoms with E-state index in [1.165, 1.54) is 5.56 Å². The third-order valence-electron chi connectivity index (χ3n) is 5.06. The number of anilines is 2. The zero-order valence-electron chi connectivity index (χ0n) is 16.3. The molecule has 1 N–H and O–H groups in total. The lowest BCUT2D eigenvalue weighted by atomic mass is 10.0. The summed E-state index contributed by atoms with van der Waals surface area (Å²) in [6, 6.07) is 21.4. The van der Waals surface area contributed by atoms with E-state index in [-0.39, 0.29) is 6.03 Å². The maximum absolute atomic E-state index is 12.7. The maximum Gasteiger partial charge on any atom is 0.327 e. The number of hydrogen-bond donors (Lipinski definition) is 1. The van der Waals surface area contributed by atoms with Crippen LogP contribution in [0.1, 0.15) is 11.1 Å². The van der Waals surface area contributed by atoms with E-state index in [0.29, 0.717) is 24.7 Å². The van der Waals surface area contributed by atoms with Gasteiger partial charge in [-0.25, -0.2) is 9.78 Å². The number of pyridine rings is 2. The lowest BCUT2D eigenvalue weighted by Crippen LogP contribution is -2.41. The van der Waals surface area contributed by atoms with E-state index in [9.17, 15) is 4.79 Å². The smallest absolute Gasteiger partial charge is 0.327 e. The Bertz CT molecular complexity index is 1210. The molecule has 0 unspecified atom stereocenters. The molecule has 30 heavy (non-hydrogen) atoms. The highest BCUT2D eigenvalue weighted by atomic mass is 16.5. The van der Waals surface area contributed by atoms with Gasteiger partial charge in [0, 0.05) is 23.5 Å². The van der Waals surface area contributed by atoms with Gasteiger partial charge in [-0.15, -0.1) is 0 Å². The third kappa shape index (κ3) is 3.67. The van der Waals surface area contributed by atoms with E-state index >= 15 is 0 Å². The van der Waals surface area contributed by atoms with E-state index in [4.69, 9.17) is 4.74 Å². The van der Waals surface area contributed by atoms with Gasteiger partial charge in [0.15, 0.2) is 11.6 Å². The minimum absolute atomic E-state index is 0.215. The number of hydrogen-bond acceptors (Lipinski definition) is 4. The molecule has 0 saturated heterocycles. The van der Waals surface area contributed by atoms with Crippen LogP contribution in [0.2, 0.25) is 0 Å². The van der Waals surface area contributed by atoms with Crippen molar-refractivity contribution < 1.29 is 9.53 Å². The zero-order chi connectivity index (χ0) is 20.3. The summed E-state index contributed by atoms with van der Waals surface area (Å²) >= 11 is 0. The number of rotatable bonds is 3. The molecule has 0 aliphatic carbocycles. The molecule has 3 heterocycles. The van der Waals surface area contributed by atoms with Crippen LogP contribution >= 0.6 is 0 Å². The van der Waals surface area contributed by atoms with Crippen LogP contribution in [0.3, 0.4) is 0 Å². The van der Waals surface area contributed by atoms with Crippen molar-refractivity contribution in [3.63, 3.8) is 0 Å². The summed E-state index contributed by atoms with van der Waals surface area (Å²) < 4.78 is 5.81. The fourth-order valence-corrected chi connectivity index (χ4v) is 3.62. The summed E-state index contributed by atoms with van der Waals surface area (Å²) in [7, 11) is 0. The number of ether oxygens (including phenoxy) is 1. The van der Waals surface area contributed by atoms with Crippen LogP contribution in [0.4, 0.5) is 16.3 Å². The van der Waals surface area contributed by atoms with Crippen molar-refractivity contribution in [2.45, 2.75) is 6.42 Å². The van der Waals surface area contributed by atoms with Gasteiger partial charge in [0.25, 0.3) is 0 Å². The second-order valence-corrected chi connectivity index (χ2v) is 7.17. The maximum atomic E-state index is 12.7. The second-order valence-electron chi connectivity index (χ2n) is 7.17. The predicted molar refractivity (Wildman–Crippen MR) is 117 cm³/mol. The molecule has 4 aromatic rings. The summed E-state index contributed by atoms with van der Waals surface area (Å²) in [5, 5.41) is 4.02. The van der Waals surface area contributed by atoms with E-state index in [1.54, 1.807) is 11.1 Å². The number of carbonyl (C=O) groups is 1. The van der Waals surface area contributed by atoms with Crippen molar-refractivity contribution in [1.82, 2.24) is 9.97 Å². The fourth-order valence-electron chi connectivity index (χ4n) is 3.62. The molecule has 2 aromatic heterocycles. The molecule has 2 amide bonds. The summed E-state index contributed by atoms with van der Waals surface area (Å²) in [6.07, 6.45) is 4.33. The van der Waals surface area contributed by atoms with Crippen molar-refractivity contribution in [1.29, 1.82) is 0 Å². The molecular formula is C24H20N4O2. The number of fused-ring (bicyclic) bond motifs is 2. The number of nitrogens with zero attached hydrogens (tertiary/aromatic N) is 3. The second kappa shape index (κ2) is 7.83. The summed E-state index contributed by atoms with van der Waals surface area (Å²) in [5.74, 6) is 1.17. The molecule has 0 radical (unpaired) electrons. The Kier molecular flexibility index (Phi) is 4.73. The van der Waals surface area contributed by atoms with E-state index in [2.05, 4.69) is 33.5 Å². The molecule has 148 valence electrons. The molecule has 0 atom stereocenters. The molecule has 0 fully saturated rings. The molecule has 6 nitrogen and oxygen atoms in total. The van der Waals surface area contributed by atoms with E-state index < -0.39 is 0 Å². The highest BCUT2D eigenvalue weighted by molar-refractivity contribution is 6.02. The first-order valence-electron chi connectivity index (χ1n) is 9.85. The normalized spacial score (nSPS) is 12.9. The Morgan fingerprint density at radius 2 is 1.90 bits per heavy atom. The molecule has 1 aliphatic heterocycles. The quantitative estimate of drug-likeness (QED) is 0.547. The Morgan fingerprint density at radius 1 is 1.00 bits per heavy atom. The van der Waals surface area contributed by atoms with Crippen LogP contribution in [-0.4, -0.2) is 29.2 Å². The first-order valence-corrected chi connectivity index (χ1v) is 9.85. The largest absolute Gasteiger partial charge is 0.488 e. The Balaban J connectivity index is 1.36. The van der Waals surface area contributed by atoms with Crippen molar-refractivity contribution >= 4 is 28.4 Å². The van der Waals surface area contributed by atoms with Crippen molar-refractivity contribution in [3.05, 3.63) is 90.3 Å². The van der Waals surface area contributed by atoms with Crippen LogP contribution in [0.5, 0.6) is 5.75 Å².